The third kappa shape index (κ3) is 5.16. The Balaban J connectivity index is 2.29. The van der Waals surface area contributed by atoms with E-state index in [1.807, 2.05) is 11.8 Å². The van der Waals surface area contributed by atoms with Gasteiger partial charge in [-0.05, 0) is 64.9 Å². The summed E-state index contributed by atoms with van der Waals surface area (Å²) in [5.74, 6) is 1.27. The summed E-state index contributed by atoms with van der Waals surface area (Å²) < 4.78 is 0. The van der Waals surface area contributed by atoms with Crippen molar-refractivity contribution in [2.24, 2.45) is 5.73 Å². The Morgan fingerprint density at radius 1 is 1.35 bits per heavy atom. The molecule has 2 N–H and O–H groups in total. The van der Waals surface area contributed by atoms with Crippen LogP contribution in [-0.2, 0) is 0 Å². The Morgan fingerprint density at radius 2 is 2.00 bits per heavy atom. The molecule has 4 heteroatoms. The van der Waals surface area contributed by atoms with Crippen LogP contribution in [0.3, 0.4) is 0 Å². The van der Waals surface area contributed by atoms with Gasteiger partial charge in [-0.2, -0.15) is 11.8 Å². The van der Waals surface area contributed by atoms with E-state index in [4.69, 9.17) is 5.73 Å². The molecular formula is C13H29N3S. The largest absolute Gasteiger partial charge is 0.329 e. The topological polar surface area (TPSA) is 32.5 Å². The lowest BCUT2D eigenvalue weighted by Gasteiger charge is -2.39. The summed E-state index contributed by atoms with van der Waals surface area (Å²) in [6.45, 7) is 3.27. The van der Waals surface area contributed by atoms with Crippen LogP contribution in [0.15, 0.2) is 0 Å². The van der Waals surface area contributed by atoms with E-state index in [1.165, 1.54) is 44.5 Å². The van der Waals surface area contributed by atoms with E-state index in [0.29, 0.717) is 6.04 Å². The third-order valence-electron chi connectivity index (χ3n) is 3.90. The first kappa shape index (κ1) is 15.3. The molecule has 0 amide bonds. The van der Waals surface area contributed by atoms with E-state index in [2.05, 4.69) is 30.2 Å². The van der Waals surface area contributed by atoms with Gasteiger partial charge in [-0.15, -0.1) is 0 Å². The SMILES string of the molecule is CSCCCC(CN)N1CCC(N(C)C)CC1. The van der Waals surface area contributed by atoms with E-state index in [9.17, 15) is 0 Å². The number of nitrogens with zero attached hydrogens (tertiary/aromatic N) is 2. The zero-order valence-corrected chi connectivity index (χ0v) is 12.5. The monoisotopic (exact) mass is 259 g/mol. The quantitative estimate of drug-likeness (QED) is 0.702. The molecule has 1 rings (SSSR count). The van der Waals surface area contributed by atoms with Gasteiger partial charge in [0.2, 0.25) is 0 Å². The highest BCUT2D eigenvalue weighted by molar-refractivity contribution is 7.98. The van der Waals surface area contributed by atoms with Gasteiger partial charge in [0.05, 0.1) is 0 Å². The van der Waals surface area contributed by atoms with Crippen molar-refractivity contribution in [2.45, 2.75) is 37.8 Å². The molecule has 17 heavy (non-hydrogen) atoms. The highest BCUT2D eigenvalue weighted by Crippen LogP contribution is 2.18. The Labute approximate surface area is 111 Å². The van der Waals surface area contributed by atoms with Crippen LogP contribution in [0.5, 0.6) is 0 Å². The normalized spacial score (nSPS) is 21.0. The van der Waals surface area contributed by atoms with Gasteiger partial charge < -0.3 is 10.6 Å². The highest BCUT2D eigenvalue weighted by Gasteiger charge is 2.24. The van der Waals surface area contributed by atoms with Crippen molar-refractivity contribution in [3.05, 3.63) is 0 Å². The molecule has 1 atom stereocenters. The maximum absolute atomic E-state index is 5.92. The maximum Gasteiger partial charge on any atom is 0.0218 e. The minimum atomic E-state index is 0.616. The molecule has 102 valence electrons. The van der Waals surface area contributed by atoms with Gasteiger partial charge >= 0.3 is 0 Å². The summed E-state index contributed by atoms with van der Waals surface area (Å²) in [5.41, 5.74) is 5.92. The fourth-order valence-corrected chi connectivity index (χ4v) is 3.14. The minimum absolute atomic E-state index is 0.616. The van der Waals surface area contributed by atoms with Crippen LogP contribution in [-0.4, -0.2) is 67.6 Å². The fourth-order valence-electron chi connectivity index (χ4n) is 2.68. The van der Waals surface area contributed by atoms with Crippen molar-refractivity contribution < 1.29 is 0 Å². The summed E-state index contributed by atoms with van der Waals surface area (Å²) in [5, 5.41) is 0. The van der Waals surface area contributed by atoms with E-state index in [-0.39, 0.29) is 0 Å². The molecule has 0 aromatic carbocycles. The molecule has 0 spiro atoms. The second-order valence-electron chi connectivity index (χ2n) is 5.26. The fraction of sp³-hybridized carbons (Fsp3) is 1.00. The van der Waals surface area contributed by atoms with Crippen LogP contribution in [0.1, 0.15) is 25.7 Å². The molecular weight excluding hydrogens is 230 g/mol. The van der Waals surface area contributed by atoms with Gasteiger partial charge in [-0.3, -0.25) is 4.90 Å². The van der Waals surface area contributed by atoms with E-state index >= 15 is 0 Å². The number of hydrogen-bond acceptors (Lipinski definition) is 4. The summed E-state index contributed by atoms with van der Waals surface area (Å²) >= 11 is 1.94. The second kappa shape index (κ2) is 8.35. The lowest BCUT2D eigenvalue weighted by Crippen LogP contribution is -2.48. The van der Waals surface area contributed by atoms with Crippen molar-refractivity contribution in [2.75, 3.05) is 45.7 Å². The molecule has 0 aromatic heterocycles. The standard InChI is InChI=1S/C13H29N3S/c1-15(2)12-6-8-16(9-7-12)13(11-14)5-4-10-17-3/h12-13H,4-11,14H2,1-3H3. The molecule has 0 bridgehead atoms. The molecule has 1 fully saturated rings. The maximum atomic E-state index is 5.92. The minimum Gasteiger partial charge on any atom is -0.329 e. The molecule has 1 aliphatic heterocycles. The first-order valence-electron chi connectivity index (χ1n) is 6.78. The first-order valence-corrected chi connectivity index (χ1v) is 8.18. The smallest absolute Gasteiger partial charge is 0.0218 e. The van der Waals surface area contributed by atoms with E-state index in [1.54, 1.807) is 0 Å². The molecule has 1 saturated heterocycles. The van der Waals surface area contributed by atoms with Gasteiger partial charge in [0.1, 0.15) is 0 Å². The number of hydrogen-bond donors (Lipinski definition) is 1. The lowest BCUT2D eigenvalue weighted by molar-refractivity contribution is 0.106. The van der Waals surface area contributed by atoms with Gasteiger partial charge in [0.15, 0.2) is 0 Å². The van der Waals surface area contributed by atoms with Gasteiger partial charge in [-0.25, -0.2) is 0 Å². The molecule has 1 aliphatic rings. The van der Waals surface area contributed by atoms with Gasteiger partial charge in [0, 0.05) is 18.6 Å². The summed E-state index contributed by atoms with van der Waals surface area (Å²) in [6, 6.07) is 1.39. The van der Waals surface area contributed by atoms with Crippen molar-refractivity contribution in [3.8, 4) is 0 Å². The summed E-state index contributed by atoms with van der Waals surface area (Å²) in [4.78, 5) is 4.98. The highest BCUT2D eigenvalue weighted by atomic mass is 32.2. The number of likely N-dealkylation sites (tertiary alicyclic amines) is 1. The first-order chi connectivity index (χ1) is 8.19. The Hall–Kier alpha value is 0.230. The van der Waals surface area contributed by atoms with Crippen molar-refractivity contribution in [3.63, 3.8) is 0 Å². The van der Waals surface area contributed by atoms with Crippen LogP contribution >= 0.6 is 11.8 Å². The lowest BCUT2D eigenvalue weighted by atomic mass is 10.0. The molecule has 0 radical (unpaired) electrons. The van der Waals surface area contributed by atoms with Crippen LogP contribution in [0.2, 0.25) is 0 Å². The Morgan fingerprint density at radius 3 is 2.47 bits per heavy atom. The summed E-state index contributed by atoms with van der Waals surface area (Å²) in [6.07, 6.45) is 7.35. The van der Waals surface area contributed by atoms with E-state index < -0.39 is 0 Å². The van der Waals surface area contributed by atoms with E-state index in [0.717, 1.165) is 12.6 Å². The van der Waals surface area contributed by atoms with Gasteiger partial charge in [-0.1, -0.05) is 0 Å². The average molecular weight is 259 g/mol. The number of rotatable bonds is 7. The molecule has 0 aromatic rings. The third-order valence-corrected chi connectivity index (χ3v) is 4.60. The van der Waals surface area contributed by atoms with Crippen LogP contribution in [0, 0.1) is 0 Å². The zero-order chi connectivity index (χ0) is 12.7. The molecule has 3 nitrogen and oxygen atoms in total. The average Bonchev–Trinajstić information content (AvgIpc) is 2.35. The van der Waals surface area contributed by atoms with Crippen LogP contribution < -0.4 is 5.73 Å². The molecule has 1 heterocycles. The molecule has 0 aliphatic carbocycles. The van der Waals surface area contributed by atoms with Crippen LogP contribution in [0.25, 0.3) is 0 Å². The number of nitrogens with two attached hydrogens (primary N) is 1. The predicted octanol–water partition coefficient (Wildman–Crippen LogP) is 1.48. The van der Waals surface area contributed by atoms with Gasteiger partial charge in [0.25, 0.3) is 0 Å². The van der Waals surface area contributed by atoms with Crippen molar-refractivity contribution in [1.82, 2.24) is 9.80 Å². The Bertz CT molecular complexity index is 191. The molecule has 0 saturated carbocycles. The second-order valence-corrected chi connectivity index (χ2v) is 6.24. The van der Waals surface area contributed by atoms with Crippen molar-refractivity contribution >= 4 is 11.8 Å². The summed E-state index contributed by atoms with van der Waals surface area (Å²) in [7, 11) is 4.39. The Kier molecular flexibility index (Phi) is 7.51. The number of thioether (sulfide) groups is 1. The molecule has 1 unspecified atom stereocenters. The number of piperidine rings is 1. The van der Waals surface area contributed by atoms with Crippen LogP contribution in [0.4, 0.5) is 0 Å². The predicted molar refractivity (Wildman–Crippen MR) is 78.7 cm³/mol. The zero-order valence-electron chi connectivity index (χ0n) is 11.7. The van der Waals surface area contributed by atoms with Crippen molar-refractivity contribution in [1.29, 1.82) is 0 Å².